The number of para-hydroxylation sites is 2. The molecule has 3 aromatic rings. The topological polar surface area (TPSA) is 72.2 Å². The zero-order valence-electron chi connectivity index (χ0n) is 19.9. The van der Waals surface area contributed by atoms with E-state index in [0.29, 0.717) is 42.6 Å². The molecule has 0 unspecified atom stereocenters. The molecule has 0 radical (unpaired) electrons. The minimum Gasteiger partial charge on any atom is -0.485 e. The van der Waals surface area contributed by atoms with Crippen molar-refractivity contribution in [1.82, 2.24) is 9.80 Å². The fraction of sp³-hybridized carbons (Fsp3) is 0.407. The summed E-state index contributed by atoms with van der Waals surface area (Å²) in [6, 6.07) is 13.1. The maximum absolute atomic E-state index is 13.0. The van der Waals surface area contributed by atoms with Crippen molar-refractivity contribution in [1.29, 1.82) is 0 Å². The van der Waals surface area contributed by atoms with Crippen LogP contribution in [0.3, 0.4) is 0 Å². The molecule has 178 valence electrons. The summed E-state index contributed by atoms with van der Waals surface area (Å²) in [4.78, 5) is 29.4. The number of carbonyl (C=O) groups excluding carboxylic acids is 1. The van der Waals surface area contributed by atoms with E-state index in [1.807, 2.05) is 35.2 Å². The normalized spacial score (nSPS) is 18.5. The van der Waals surface area contributed by atoms with Crippen LogP contribution in [0.1, 0.15) is 36.5 Å². The summed E-state index contributed by atoms with van der Waals surface area (Å²) in [6.45, 7) is 9.91. The van der Waals surface area contributed by atoms with Gasteiger partial charge in [-0.3, -0.25) is 9.69 Å². The first-order chi connectivity index (χ1) is 16.4. The summed E-state index contributed by atoms with van der Waals surface area (Å²) >= 11 is 0. The van der Waals surface area contributed by atoms with Crippen molar-refractivity contribution < 1.29 is 18.7 Å². The molecule has 0 N–H and O–H groups in total. The number of amides is 1. The summed E-state index contributed by atoms with van der Waals surface area (Å²) < 4.78 is 17.1. The van der Waals surface area contributed by atoms with Crippen LogP contribution in [0.25, 0.3) is 11.0 Å². The highest BCUT2D eigenvalue weighted by atomic mass is 16.6. The molecule has 1 aromatic heterocycles. The minimum atomic E-state index is -0.623. The predicted molar refractivity (Wildman–Crippen MR) is 130 cm³/mol. The van der Waals surface area contributed by atoms with Crippen LogP contribution in [-0.4, -0.2) is 54.6 Å². The molecule has 0 bridgehead atoms. The molecule has 0 saturated carbocycles. The number of rotatable bonds is 4. The highest BCUT2D eigenvalue weighted by Crippen LogP contribution is 2.31. The Balaban J connectivity index is 1.26. The molecule has 5 rings (SSSR count). The van der Waals surface area contributed by atoms with Crippen LogP contribution < -0.4 is 15.1 Å². The lowest BCUT2D eigenvalue weighted by Crippen LogP contribution is -2.53. The van der Waals surface area contributed by atoms with Gasteiger partial charge in [-0.2, -0.15) is 0 Å². The van der Waals surface area contributed by atoms with Gasteiger partial charge in [0.2, 0.25) is 6.10 Å². The number of benzene rings is 2. The molecule has 0 aliphatic carbocycles. The van der Waals surface area contributed by atoms with Gasteiger partial charge in [-0.1, -0.05) is 26.0 Å². The third-order valence-electron chi connectivity index (χ3n) is 6.70. The molecule has 7 nitrogen and oxygen atoms in total. The van der Waals surface area contributed by atoms with E-state index in [0.717, 1.165) is 29.6 Å². The van der Waals surface area contributed by atoms with Gasteiger partial charge in [-0.25, -0.2) is 4.79 Å². The van der Waals surface area contributed by atoms with E-state index < -0.39 is 6.10 Å². The average Bonchev–Trinajstić information content (AvgIpc) is 2.83. The lowest BCUT2D eigenvalue weighted by atomic mass is 9.95. The Labute approximate surface area is 198 Å². The van der Waals surface area contributed by atoms with Gasteiger partial charge in [0.25, 0.3) is 5.91 Å². The smallest absolute Gasteiger partial charge is 0.336 e. The van der Waals surface area contributed by atoms with Crippen LogP contribution >= 0.6 is 0 Å². The second kappa shape index (κ2) is 9.14. The quantitative estimate of drug-likeness (QED) is 0.551. The van der Waals surface area contributed by atoms with Crippen LogP contribution in [0.15, 0.2) is 51.7 Å². The summed E-state index contributed by atoms with van der Waals surface area (Å²) in [5, 5.41) is 0.985. The van der Waals surface area contributed by atoms with Crippen LogP contribution in [0.4, 0.5) is 0 Å². The number of piperazine rings is 1. The molecular weight excluding hydrogens is 432 g/mol. The molecule has 7 heteroatoms. The van der Waals surface area contributed by atoms with E-state index in [-0.39, 0.29) is 18.1 Å². The maximum Gasteiger partial charge on any atom is 0.336 e. The minimum absolute atomic E-state index is 0.0444. The van der Waals surface area contributed by atoms with Crippen molar-refractivity contribution in [2.24, 2.45) is 0 Å². The van der Waals surface area contributed by atoms with Crippen molar-refractivity contribution in [2.75, 3.05) is 32.8 Å². The summed E-state index contributed by atoms with van der Waals surface area (Å²) in [5.74, 6) is 1.62. The van der Waals surface area contributed by atoms with Crippen molar-refractivity contribution in [3.8, 4) is 11.5 Å². The number of fused-ring (bicyclic) bond motifs is 2. The molecule has 1 atom stereocenters. The van der Waals surface area contributed by atoms with Crippen LogP contribution in [0.5, 0.6) is 11.5 Å². The summed E-state index contributed by atoms with van der Waals surface area (Å²) in [7, 11) is 0. The van der Waals surface area contributed by atoms with Gasteiger partial charge in [0, 0.05) is 44.2 Å². The molecule has 3 heterocycles. The third kappa shape index (κ3) is 4.40. The number of hydrogen-bond donors (Lipinski definition) is 0. The Morgan fingerprint density at radius 3 is 2.53 bits per heavy atom. The van der Waals surface area contributed by atoms with E-state index >= 15 is 0 Å². The number of carbonyl (C=O) groups is 1. The van der Waals surface area contributed by atoms with E-state index in [1.165, 1.54) is 5.56 Å². The molecule has 1 fully saturated rings. The molecule has 2 aliphatic rings. The van der Waals surface area contributed by atoms with Gasteiger partial charge in [-0.15, -0.1) is 0 Å². The molecule has 2 aliphatic heterocycles. The van der Waals surface area contributed by atoms with Crippen LogP contribution in [0.2, 0.25) is 0 Å². The van der Waals surface area contributed by atoms with Gasteiger partial charge in [-0.05, 0) is 53.8 Å². The van der Waals surface area contributed by atoms with Gasteiger partial charge >= 0.3 is 5.63 Å². The lowest BCUT2D eigenvalue weighted by Gasteiger charge is -2.37. The van der Waals surface area contributed by atoms with Gasteiger partial charge in [0.15, 0.2) is 11.5 Å². The number of aryl methyl sites for hydroxylation is 1. The highest BCUT2D eigenvalue weighted by molar-refractivity contribution is 5.83. The Hall–Kier alpha value is -3.32. The number of nitrogens with zero attached hydrogens (tertiary/aromatic N) is 2. The fourth-order valence-corrected chi connectivity index (χ4v) is 4.86. The standard InChI is InChI=1S/C27H30N2O5/c1-17(2)20-14-21-19(13-26(30)34-24(21)12-18(20)3)15-28-8-10-29(11-9-28)27(31)25-16-32-22-6-4-5-7-23(22)33-25/h4-7,12-14,17,25H,8-11,15-16H2,1-3H3/t25-/m1/s1. The Bertz CT molecular complexity index is 1270. The summed E-state index contributed by atoms with van der Waals surface area (Å²) in [5.41, 5.74) is 3.66. The highest BCUT2D eigenvalue weighted by Gasteiger charge is 2.32. The second-order valence-corrected chi connectivity index (χ2v) is 9.42. The van der Waals surface area contributed by atoms with Crippen molar-refractivity contribution >= 4 is 16.9 Å². The zero-order valence-corrected chi connectivity index (χ0v) is 19.9. The van der Waals surface area contributed by atoms with E-state index in [1.54, 1.807) is 6.07 Å². The first kappa shape index (κ1) is 22.5. The first-order valence-electron chi connectivity index (χ1n) is 11.9. The Morgan fingerprint density at radius 2 is 1.79 bits per heavy atom. The second-order valence-electron chi connectivity index (χ2n) is 9.42. The van der Waals surface area contributed by atoms with Gasteiger partial charge < -0.3 is 18.8 Å². The Kier molecular flexibility index (Phi) is 6.04. The molecule has 0 spiro atoms. The van der Waals surface area contributed by atoms with Crippen molar-refractivity contribution in [2.45, 2.75) is 39.3 Å². The predicted octanol–water partition coefficient (Wildman–Crippen LogP) is 3.71. The Morgan fingerprint density at radius 1 is 1.06 bits per heavy atom. The molecule has 34 heavy (non-hydrogen) atoms. The van der Waals surface area contributed by atoms with Crippen molar-refractivity contribution in [3.05, 3.63) is 69.6 Å². The van der Waals surface area contributed by atoms with Gasteiger partial charge in [0.1, 0.15) is 12.2 Å². The third-order valence-corrected chi connectivity index (χ3v) is 6.70. The van der Waals surface area contributed by atoms with E-state index in [2.05, 4.69) is 31.7 Å². The largest absolute Gasteiger partial charge is 0.485 e. The van der Waals surface area contributed by atoms with Crippen LogP contribution in [-0.2, 0) is 11.3 Å². The van der Waals surface area contributed by atoms with E-state index in [4.69, 9.17) is 13.9 Å². The van der Waals surface area contributed by atoms with Gasteiger partial charge in [0.05, 0.1) is 0 Å². The number of hydrogen-bond acceptors (Lipinski definition) is 6. The monoisotopic (exact) mass is 462 g/mol. The maximum atomic E-state index is 13.0. The molecule has 2 aromatic carbocycles. The zero-order chi connectivity index (χ0) is 23.8. The average molecular weight is 463 g/mol. The SMILES string of the molecule is Cc1cc2oc(=O)cc(CN3CCN(C(=O)[C@H]4COc5ccccc5O4)CC3)c2cc1C(C)C. The fourth-order valence-electron chi connectivity index (χ4n) is 4.86. The first-order valence-corrected chi connectivity index (χ1v) is 11.9. The number of ether oxygens (including phenoxy) is 2. The summed E-state index contributed by atoms with van der Waals surface area (Å²) in [6.07, 6.45) is -0.623. The lowest BCUT2D eigenvalue weighted by molar-refractivity contribution is -0.143. The molecule has 1 amide bonds. The molecular formula is C27H30N2O5. The van der Waals surface area contributed by atoms with Crippen LogP contribution in [0, 0.1) is 6.92 Å². The molecule has 1 saturated heterocycles. The van der Waals surface area contributed by atoms with E-state index in [9.17, 15) is 9.59 Å². The van der Waals surface area contributed by atoms with Crippen molar-refractivity contribution in [3.63, 3.8) is 0 Å².